The molecule has 0 radical (unpaired) electrons. The van der Waals surface area contributed by atoms with Gasteiger partial charge in [-0.2, -0.15) is 0 Å². The van der Waals surface area contributed by atoms with E-state index in [4.69, 9.17) is 0 Å². The molecule has 4 nitrogen and oxygen atoms in total. The van der Waals surface area contributed by atoms with Gasteiger partial charge in [0.2, 0.25) is 0 Å². The molecule has 0 aliphatic carbocycles. The van der Waals surface area contributed by atoms with Crippen molar-refractivity contribution < 1.29 is 8.78 Å². The number of nitrogens with zero attached hydrogens (tertiary/aromatic N) is 2. The van der Waals surface area contributed by atoms with Crippen molar-refractivity contribution in [3.63, 3.8) is 0 Å². The summed E-state index contributed by atoms with van der Waals surface area (Å²) in [4.78, 5) is 7.16. The predicted octanol–water partition coefficient (Wildman–Crippen LogP) is 4.83. The average Bonchev–Trinajstić information content (AvgIpc) is 2.97. The first-order valence-electron chi connectivity index (χ1n) is 10.9. The summed E-state index contributed by atoms with van der Waals surface area (Å²) in [5.74, 6) is -0.202. The Morgan fingerprint density at radius 1 is 1.06 bits per heavy atom. The molecule has 2 saturated heterocycles. The number of nitrogens with one attached hydrogen (secondary N) is 2. The summed E-state index contributed by atoms with van der Waals surface area (Å²) in [7, 11) is 0. The summed E-state index contributed by atoms with van der Waals surface area (Å²) in [6, 6.07) is 15.6. The summed E-state index contributed by atoms with van der Waals surface area (Å²) >= 11 is 0. The molecule has 2 aromatic rings. The van der Waals surface area contributed by atoms with Crippen molar-refractivity contribution in [3.05, 3.63) is 71.3 Å². The highest BCUT2D eigenvalue weighted by molar-refractivity contribution is 14.0. The molecule has 2 heterocycles. The molecular formula is C24H31F2IN4. The van der Waals surface area contributed by atoms with Gasteiger partial charge in [0.15, 0.2) is 5.96 Å². The first-order chi connectivity index (χ1) is 14.6. The lowest BCUT2D eigenvalue weighted by Gasteiger charge is -2.39. The molecule has 168 valence electrons. The van der Waals surface area contributed by atoms with Crippen LogP contribution in [-0.2, 0) is 13.1 Å². The number of hydrogen-bond acceptors (Lipinski definition) is 2. The van der Waals surface area contributed by atoms with Gasteiger partial charge in [-0.25, -0.2) is 13.8 Å². The van der Waals surface area contributed by atoms with Gasteiger partial charge in [0.05, 0.1) is 6.54 Å². The van der Waals surface area contributed by atoms with Crippen LogP contribution in [0.5, 0.6) is 0 Å². The summed E-state index contributed by atoms with van der Waals surface area (Å²) in [6.07, 6.45) is 4.61. The monoisotopic (exact) mass is 540 g/mol. The van der Waals surface area contributed by atoms with Crippen molar-refractivity contribution in [3.8, 4) is 0 Å². The van der Waals surface area contributed by atoms with Crippen LogP contribution < -0.4 is 10.6 Å². The van der Waals surface area contributed by atoms with Crippen LogP contribution in [-0.4, -0.2) is 35.5 Å². The second-order valence-electron chi connectivity index (χ2n) is 8.29. The number of benzene rings is 2. The van der Waals surface area contributed by atoms with E-state index in [1.807, 2.05) is 6.92 Å². The summed E-state index contributed by atoms with van der Waals surface area (Å²) < 4.78 is 27.3. The van der Waals surface area contributed by atoms with Gasteiger partial charge in [-0.05, 0) is 56.4 Å². The quantitative estimate of drug-likeness (QED) is 0.313. The van der Waals surface area contributed by atoms with Gasteiger partial charge < -0.3 is 10.6 Å². The molecule has 2 unspecified atom stereocenters. The van der Waals surface area contributed by atoms with Crippen LogP contribution in [0.15, 0.2) is 53.5 Å². The summed E-state index contributed by atoms with van der Waals surface area (Å²) in [6.45, 7) is 3.85. The fourth-order valence-electron chi connectivity index (χ4n) is 4.79. The predicted molar refractivity (Wildman–Crippen MR) is 132 cm³/mol. The zero-order valence-electron chi connectivity index (χ0n) is 17.9. The molecule has 2 bridgehead atoms. The van der Waals surface area contributed by atoms with Gasteiger partial charge in [-0.1, -0.05) is 30.3 Å². The van der Waals surface area contributed by atoms with E-state index < -0.39 is 11.6 Å². The van der Waals surface area contributed by atoms with E-state index in [2.05, 4.69) is 50.9 Å². The van der Waals surface area contributed by atoms with Gasteiger partial charge in [0.25, 0.3) is 0 Å². The average molecular weight is 540 g/mol. The van der Waals surface area contributed by atoms with E-state index in [1.165, 1.54) is 24.5 Å². The Morgan fingerprint density at radius 3 is 2.45 bits per heavy atom. The molecule has 0 aromatic heterocycles. The Balaban J connectivity index is 0.00000272. The third-order valence-electron chi connectivity index (χ3n) is 6.19. The zero-order valence-corrected chi connectivity index (χ0v) is 20.2. The van der Waals surface area contributed by atoms with Crippen LogP contribution in [0.2, 0.25) is 0 Å². The Labute approximate surface area is 200 Å². The largest absolute Gasteiger partial charge is 0.357 e. The molecule has 2 N–H and O–H groups in total. The topological polar surface area (TPSA) is 39.7 Å². The highest BCUT2D eigenvalue weighted by atomic mass is 127. The van der Waals surface area contributed by atoms with Crippen LogP contribution in [0.25, 0.3) is 0 Å². The lowest BCUT2D eigenvalue weighted by molar-refractivity contribution is 0.114. The summed E-state index contributed by atoms with van der Waals surface area (Å²) in [5, 5.41) is 6.79. The minimum atomic E-state index is -0.443. The first kappa shape index (κ1) is 23.9. The minimum absolute atomic E-state index is 0. The molecule has 0 saturated carbocycles. The van der Waals surface area contributed by atoms with E-state index >= 15 is 0 Å². The Bertz CT molecular complexity index is 863. The zero-order chi connectivity index (χ0) is 20.9. The Kier molecular flexibility index (Phi) is 8.66. The van der Waals surface area contributed by atoms with Crippen molar-refractivity contribution in [2.75, 3.05) is 6.54 Å². The lowest BCUT2D eigenvalue weighted by atomic mass is 9.96. The maximum Gasteiger partial charge on any atom is 0.191 e. The van der Waals surface area contributed by atoms with E-state index in [1.54, 1.807) is 0 Å². The Morgan fingerprint density at radius 2 is 1.77 bits per heavy atom. The molecule has 0 amide bonds. The van der Waals surface area contributed by atoms with Crippen LogP contribution in [0, 0.1) is 11.6 Å². The minimum Gasteiger partial charge on any atom is -0.357 e. The highest BCUT2D eigenvalue weighted by Gasteiger charge is 2.40. The molecule has 2 atom stereocenters. The molecule has 2 aliphatic heterocycles. The molecule has 0 spiro atoms. The van der Waals surface area contributed by atoms with Crippen LogP contribution in [0.1, 0.15) is 43.7 Å². The number of guanidine groups is 1. The smallest absolute Gasteiger partial charge is 0.191 e. The molecule has 2 aromatic carbocycles. The third kappa shape index (κ3) is 6.16. The fraction of sp³-hybridized carbons (Fsp3) is 0.458. The van der Waals surface area contributed by atoms with Crippen LogP contribution in [0.3, 0.4) is 0 Å². The number of fused-ring (bicyclic) bond motifs is 2. The highest BCUT2D eigenvalue weighted by Crippen LogP contribution is 2.36. The third-order valence-corrected chi connectivity index (χ3v) is 6.19. The molecular weight excluding hydrogens is 509 g/mol. The molecule has 31 heavy (non-hydrogen) atoms. The van der Waals surface area contributed by atoms with E-state index in [-0.39, 0.29) is 36.1 Å². The second kappa shape index (κ2) is 11.2. The van der Waals surface area contributed by atoms with Crippen molar-refractivity contribution in [2.24, 2.45) is 4.99 Å². The first-order valence-corrected chi connectivity index (χ1v) is 10.9. The number of aliphatic imine (C=N–C) groups is 1. The van der Waals surface area contributed by atoms with E-state index in [9.17, 15) is 8.78 Å². The molecule has 4 rings (SSSR count). The van der Waals surface area contributed by atoms with Gasteiger partial charge in [0.1, 0.15) is 11.6 Å². The standard InChI is InChI=1S/C24H30F2N4.HI/c1-2-27-24(28-15-18-12-19(25)8-11-23(18)26)29-20-13-21-9-10-22(14-20)30(21)16-17-6-4-3-5-7-17;/h3-8,11-12,20-22H,2,9-10,13-16H2,1H3,(H2,27,28,29);1H. The van der Waals surface area contributed by atoms with Crippen LogP contribution >= 0.6 is 24.0 Å². The normalized spacial score (nSPS) is 23.3. The number of halogens is 3. The summed E-state index contributed by atoms with van der Waals surface area (Å²) in [5.41, 5.74) is 1.64. The van der Waals surface area contributed by atoms with Crippen molar-refractivity contribution in [2.45, 2.75) is 63.8 Å². The van der Waals surface area contributed by atoms with Crippen LogP contribution in [0.4, 0.5) is 8.78 Å². The van der Waals surface area contributed by atoms with Crippen molar-refractivity contribution >= 4 is 29.9 Å². The molecule has 2 fully saturated rings. The van der Waals surface area contributed by atoms with Crippen molar-refractivity contribution in [1.29, 1.82) is 0 Å². The Hall–Kier alpha value is -1.74. The number of rotatable bonds is 6. The maximum atomic E-state index is 13.9. The maximum absolute atomic E-state index is 13.9. The van der Waals surface area contributed by atoms with Gasteiger partial charge in [0, 0.05) is 36.8 Å². The molecule has 2 aliphatic rings. The van der Waals surface area contributed by atoms with Gasteiger partial charge >= 0.3 is 0 Å². The lowest BCUT2D eigenvalue weighted by Crippen LogP contribution is -2.52. The second-order valence-corrected chi connectivity index (χ2v) is 8.29. The number of hydrogen-bond donors (Lipinski definition) is 2. The van der Waals surface area contributed by atoms with E-state index in [0.29, 0.717) is 24.1 Å². The van der Waals surface area contributed by atoms with E-state index in [0.717, 1.165) is 38.1 Å². The fourth-order valence-corrected chi connectivity index (χ4v) is 4.79. The van der Waals surface area contributed by atoms with Gasteiger partial charge in [-0.15, -0.1) is 24.0 Å². The van der Waals surface area contributed by atoms with Crippen molar-refractivity contribution in [1.82, 2.24) is 15.5 Å². The molecule has 7 heteroatoms. The SMILES string of the molecule is CCNC(=NCc1cc(F)ccc1F)NC1CC2CCC(C1)N2Cc1ccccc1.I. The van der Waals surface area contributed by atoms with Gasteiger partial charge in [-0.3, -0.25) is 4.90 Å². The number of piperidine rings is 1.